The number of amides is 2. The third-order valence-corrected chi connectivity index (χ3v) is 10.5. The highest BCUT2D eigenvalue weighted by Gasteiger charge is 2.37. The zero-order valence-electron chi connectivity index (χ0n) is 35.7. The number of hydrogen-bond donors (Lipinski definition) is 2. The fraction of sp³-hybridized carbons (Fsp3) is 0.431. The highest BCUT2D eigenvalue weighted by atomic mass is 16.2. The van der Waals surface area contributed by atoms with Crippen molar-refractivity contribution < 1.29 is 14.4 Å². The number of carbonyl (C=O) groups is 3. The first kappa shape index (κ1) is 46.6. The number of nitrogens with one attached hydrogen (secondary N) is 2. The Hall–Kier alpha value is -4.81. The fourth-order valence-corrected chi connectivity index (χ4v) is 6.66. The number of carbonyl (C=O) groups excluding carboxylic acids is 3. The summed E-state index contributed by atoms with van der Waals surface area (Å²) < 4.78 is 0. The van der Waals surface area contributed by atoms with E-state index in [1.54, 1.807) is 24.3 Å². The van der Waals surface area contributed by atoms with Crippen LogP contribution in [-0.4, -0.2) is 55.7 Å². The van der Waals surface area contributed by atoms with Crippen molar-refractivity contribution in [2.75, 3.05) is 33.2 Å². The lowest BCUT2D eigenvalue weighted by molar-refractivity contribution is -0.121. The molecule has 0 saturated heterocycles. The Morgan fingerprint density at radius 3 is 1.68 bits per heavy atom. The van der Waals surface area contributed by atoms with Crippen LogP contribution in [0.25, 0.3) is 6.08 Å². The van der Waals surface area contributed by atoms with E-state index in [-0.39, 0.29) is 28.4 Å². The van der Waals surface area contributed by atoms with Crippen molar-refractivity contribution in [2.45, 2.75) is 110 Å². The molecule has 6 nitrogen and oxygen atoms in total. The van der Waals surface area contributed by atoms with Crippen LogP contribution < -0.4 is 10.6 Å². The van der Waals surface area contributed by atoms with Crippen molar-refractivity contribution in [1.29, 1.82) is 0 Å². The Balaban J connectivity index is 1.23. The van der Waals surface area contributed by atoms with Crippen LogP contribution in [0.3, 0.4) is 0 Å². The summed E-state index contributed by atoms with van der Waals surface area (Å²) in [6.45, 7) is 13.7. The van der Waals surface area contributed by atoms with Gasteiger partial charge in [0, 0.05) is 43.7 Å². The second kappa shape index (κ2) is 25.4. The molecule has 0 saturated carbocycles. The van der Waals surface area contributed by atoms with E-state index in [0.29, 0.717) is 43.7 Å². The summed E-state index contributed by atoms with van der Waals surface area (Å²) >= 11 is 0. The highest BCUT2D eigenvalue weighted by Crippen LogP contribution is 2.46. The van der Waals surface area contributed by atoms with Gasteiger partial charge in [-0.2, -0.15) is 0 Å². The minimum Gasteiger partial charge on any atom is -0.355 e. The second-order valence-electron chi connectivity index (χ2n) is 16.2. The molecule has 0 heterocycles. The molecule has 2 aromatic carbocycles. The van der Waals surface area contributed by atoms with E-state index in [9.17, 15) is 14.4 Å². The molecule has 0 fully saturated rings. The quantitative estimate of drug-likeness (QED) is 0.0633. The standard InChI is InChI=1S/C51H69N3O3/c1-7-8-9-10-11-12-13-14-15-16-17-18-19-20-21-22-23-24-25-26-48(56)52-37-39-54(6)40-38-53-49(57)43-30-27-42(28-31-43)29-34-47(55)44-32-33-45-46(41-44)51(4,5)36-35-50(45,2)3/h8-9,11-12,14-15,17-18,20-21,23-24,27-34,41H,7,10,13,16,19,22,25-26,35-40H2,1-6H3,(H,52,56)(H,53,57)/b9-8+,12-11+,15-14+,18-17+,21-20+,24-23+,34-29+. The summed E-state index contributed by atoms with van der Waals surface area (Å²) in [7, 11) is 1.98. The maximum Gasteiger partial charge on any atom is 0.251 e. The van der Waals surface area contributed by atoms with E-state index in [1.165, 1.54) is 11.1 Å². The summed E-state index contributed by atoms with van der Waals surface area (Å²) in [5, 5.41) is 5.96. The number of fused-ring (bicyclic) bond motifs is 1. The molecule has 1 aliphatic carbocycles. The first-order valence-corrected chi connectivity index (χ1v) is 21.0. The van der Waals surface area contributed by atoms with Gasteiger partial charge >= 0.3 is 0 Å². The van der Waals surface area contributed by atoms with Crippen LogP contribution in [0.1, 0.15) is 136 Å². The predicted octanol–water partition coefficient (Wildman–Crippen LogP) is 11.2. The largest absolute Gasteiger partial charge is 0.355 e. The van der Waals surface area contributed by atoms with Gasteiger partial charge in [0.1, 0.15) is 0 Å². The summed E-state index contributed by atoms with van der Waals surface area (Å²) in [6, 6.07) is 13.4. The molecule has 0 spiro atoms. The highest BCUT2D eigenvalue weighted by molar-refractivity contribution is 6.07. The van der Waals surface area contributed by atoms with Gasteiger partial charge in [-0.15, -0.1) is 0 Å². The van der Waals surface area contributed by atoms with Crippen LogP contribution in [0.4, 0.5) is 0 Å². The molecule has 3 rings (SSSR count). The molecule has 2 N–H and O–H groups in total. The van der Waals surface area contributed by atoms with Gasteiger partial charge in [0.25, 0.3) is 5.91 Å². The first-order valence-electron chi connectivity index (χ1n) is 21.0. The zero-order chi connectivity index (χ0) is 41.4. The topological polar surface area (TPSA) is 78.5 Å². The number of rotatable bonds is 24. The molecule has 0 radical (unpaired) electrons. The van der Waals surface area contributed by atoms with Crippen molar-refractivity contribution in [2.24, 2.45) is 0 Å². The SMILES string of the molecule is CC/C=C/C/C=C/C/C=C/C/C=C/C/C=C/C/C=C/CCC(=O)NCCN(C)CCNC(=O)c1ccc(/C=C/C(=O)c2ccc3c(c2)C(C)(C)CCC3(C)C)cc1. The Labute approximate surface area is 344 Å². The van der Waals surface area contributed by atoms with E-state index in [4.69, 9.17) is 0 Å². The van der Waals surface area contributed by atoms with Gasteiger partial charge in [0.05, 0.1) is 0 Å². The summed E-state index contributed by atoms with van der Waals surface area (Å²) in [5.74, 6) is -0.119. The van der Waals surface area contributed by atoms with Gasteiger partial charge < -0.3 is 15.5 Å². The molecule has 2 amide bonds. The molecule has 306 valence electrons. The average molecular weight is 772 g/mol. The van der Waals surface area contributed by atoms with Crippen LogP contribution in [0.15, 0.2) is 121 Å². The van der Waals surface area contributed by atoms with Gasteiger partial charge in [-0.1, -0.05) is 138 Å². The van der Waals surface area contributed by atoms with Crippen molar-refractivity contribution in [3.63, 3.8) is 0 Å². The average Bonchev–Trinajstić information content (AvgIpc) is 3.19. The van der Waals surface area contributed by atoms with E-state index in [2.05, 4.69) is 135 Å². The van der Waals surface area contributed by atoms with Crippen LogP contribution in [-0.2, 0) is 15.6 Å². The van der Waals surface area contributed by atoms with E-state index in [0.717, 1.165) is 63.4 Å². The van der Waals surface area contributed by atoms with Crippen LogP contribution >= 0.6 is 0 Å². The van der Waals surface area contributed by atoms with E-state index >= 15 is 0 Å². The number of likely N-dealkylation sites (N-methyl/N-ethyl adjacent to an activating group) is 1. The molecular weight excluding hydrogens is 703 g/mol. The van der Waals surface area contributed by atoms with Crippen LogP contribution in [0.2, 0.25) is 0 Å². The monoisotopic (exact) mass is 772 g/mol. The van der Waals surface area contributed by atoms with Gasteiger partial charge in [0.15, 0.2) is 5.78 Å². The van der Waals surface area contributed by atoms with Crippen molar-refractivity contribution >= 4 is 23.7 Å². The number of allylic oxidation sites excluding steroid dienone is 13. The first-order chi connectivity index (χ1) is 27.4. The third kappa shape index (κ3) is 17.9. The minimum absolute atomic E-state index is 0.0246. The van der Waals surface area contributed by atoms with Gasteiger partial charge in [-0.25, -0.2) is 0 Å². The molecule has 57 heavy (non-hydrogen) atoms. The third-order valence-electron chi connectivity index (χ3n) is 10.5. The van der Waals surface area contributed by atoms with E-state index < -0.39 is 0 Å². The fourth-order valence-electron chi connectivity index (χ4n) is 6.66. The predicted molar refractivity (Wildman–Crippen MR) is 242 cm³/mol. The van der Waals surface area contributed by atoms with Crippen molar-refractivity contribution in [1.82, 2.24) is 15.5 Å². The summed E-state index contributed by atoms with van der Waals surface area (Å²) in [4.78, 5) is 40.2. The number of ketones is 1. The van der Waals surface area contributed by atoms with Crippen LogP contribution in [0, 0.1) is 0 Å². The van der Waals surface area contributed by atoms with Gasteiger partial charge in [-0.3, -0.25) is 14.4 Å². The van der Waals surface area contributed by atoms with Crippen molar-refractivity contribution in [3.05, 3.63) is 149 Å². The Morgan fingerprint density at radius 1 is 0.632 bits per heavy atom. The lowest BCUT2D eigenvalue weighted by Gasteiger charge is -2.42. The van der Waals surface area contributed by atoms with E-state index in [1.807, 2.05) is 25.2 Å². The number of benzene rings is 2. The molecule has 0 unspecified atom stereocenters. The molecule has 0 atom stereocenters. The summed E-state index contributed by atoms with van der Waals surface area (Å²) in [5.41, 5.74) is 4.91. The molecule has 2 aromatic rings. The maximum absolute atomic E-state index is 13.1. The lowest BCUT2D eigenvalue weighted by Crippen LogP contribution is -2.37. The number of nitrogens with zero attached hydrogens (tertiary/aromatic N) is 1. The van der Waals surface area contributed by atoms with Gasteiger partial charge in [0.2, 0.25) is 5.91 Å². The minimum atomic E-state index is -0.141. The van der Waals surface area contributed by atoms with Gasteiger partial charge in [-0.05, 0) is 117 Å². The Kier molecular flexibility index (Phi) is 20.8. The normalized spacial score (nSPS) is 15.4. The lowest BCUT2D eigenvalue weighted by atomic mass is 9.63. The zero-order valence-corrected chi connectivity index (χ0v) is 35.7. The summed E-state index contributed by atoms with van der Waals surface area (Å²) in [6.07, 6.45) is 38.8. The Morgan fingerprint density at radius 2 is 1.12 bits per heavy atom. The molecule has 0 bridgehead atoms. The molecule has 0 aromatic heterocycles. The molecule has 0 aliphatic heterocycles. The molecule has 1 aliphatic rings. The number of hydrogen-bond acceptors (Lipinski definition) is 4. The second-order valence-corrected chi connectivity index (χ2v) is 16.2. The Bertz CT molecular complexity index is 1770. The molecule has 6 heteroatoms. The smallest absolute Gasteiger partial charge is 0.251 e. The van der Waals surface area contributed by atoms with Crippen molar-refractivity contribution in [3.8, 4) is 0 Å². The van der Waals surface area contributed by atoms with Crippen LogP contribution in [0.5, 0.6) is 0 Å². The maximum atomic E-state index is 13.1. The molecular formula is C51H69N3O3.